The zero-order valence-corrected chi connectivity index (χ0v) is 13.9. The number of nitrogens with one attached hydrogen (secondary N) is 1. The molecule has 1 aromatic heterocycles. The monoisotopic (exact) mass is 326 g/mol. The van der Waals surface area contributed by atoms with Crippen molar-refractivity contribution in [2.24, 2.45) is 0 Å². The third-order valence-electron chi connectivity index (χ3n) is 5.30. The second-order valence-corrected chi connectivity index (χ2v) is 6.65. The number of para-hydroxylation sites is 2. The van der Waals surface area contributed by atoms with E-state index in [1.54, 1.807) is 0 Å². The fraction of sp³-hybridized carbons (Fsp3) is 0.500. The molecule has 24 heavy (non-hydrogen) atoms. The average molecular weight is 326 g/mol. The first-order chi connectivity index (χ1) is 11.7. The maximum Gasteiger partial charge on any atom is 0.247 e. The number of carbonyl (C=O) groups excluding carboxylic acids is 2. The van der Waals surface area contributed by atoms with Gasteiger partial charge in [-0.15, -0.1) is 0 Å². The number of aromatic nitrogens is 2. The zero-order chi connectivity index (χ0) is 16.7. The Kier molecular flexibility index (Phi) is 3.84. The standard InChI is InChI=1S/C18H22N4O2/c1-2-22-16(23)11-15(18(22)24)21-9-7-12(8-10-21)17-19-13-5-3-4-6-14(13)20-17/h3-6,12,15H,2,7-11H2,1H3,(H,19,20)/t15-/m0/s1. The largest absolute Gasteiger partial charge is 0.342 e. The molecule has 0 bridgehead atoms. The number of fused-ring (bicyclic) bond motifs is 1. The van der Waals surface area contributed by atoms with E-state index in [9.17, 15) is 9.59 Å². The predicted molar refractivity (Wildman–Crippen MR) is 90.4 cm³/mol. The van der Waals surface area contributed by atoms with E-state index in [2.05, 4.69) is 9.88 Å². The average Bonchev–Trinajstić information content (AvgIpc) is 3.16. The second-order valence-electron chi connectivity index (χ2n) is 6.65. The minimum atomic E-state index is -0.255. The van der Waals surface area contributed by atoms with Gasteiger partial charge in [-0.25, -0.2) is 4.98 Å². The third kappa shape index (κ3) is 2.51. The fourth-order valence-electron chi connectivity index (χ4n) is 3.93. The Labute approximate surface area is 140 Å². The molecule has 2 aromatic rings. The molecular weight excluding hydrogens is 304 g/mol. The summed E-state index contributed by atoms with van der Waals surface area (Å²) in [4.78, 5) is 36.0. The summed E-state index contributed by atoms with van der Waals surface area (Å²) in [5.41, 5.74) is 2.08. The number of hydrogen-bond donors (Lipinski definition) is 1. The van der Waals surface area contributed by atoms with Gasteiger partial charge in [0.1, 0.15) is 5.82 Å². The molecule has 1 aromatic carbocycles. The molecular formula is C18H22N4O2. The number of piperidine rings is 1. The Morgan fingerprint density at radius 3 is 2.62 bits per heavy atom. The van der Waals surface area contributed by atoms with Crippen LogP contribution in [0.25, 0.3) is 11.0 Å². The van der Waals surface area contributed by atoms with E-state index >= 15 is 0 Å². The highest BCUT2D eigenvalue weighted by molar-refractivity contribution is 6.05. The van der Waals surface area contributed by atoms with Crippen molar-refractivity contribution in [2.45, 2.75) is 38.1 Å². The fourth-order valence-corrected chi connectivity index (χ4v) is 3.93. The van der Waals surface area contributed by atoms with Gasteiger partial charge in [0.2, 0.25) is 11.8 Å². The van der Waals surface area contributed by atoms with Crippen LogP contribution in [0.2, 0.25) is 0 Å². The Morgan fingerprint density at radius 1 is 1.21 bits per heavy atom. The molecule has 1 N–H and O–H groups in total. The van der Waals surface area contributed by atoms with Crippen LogP contribution in [0, 0.1) is 0 Å². The summed E-state index contributed by atoms with van der Waals surface area (Å²) in [6.45, 7) is 4.00. The summed E-state index contributed by atoms with van der Waals surface area (Å²) in [5, 5.41) is 0. The molecule has 4 rings (SSSR count). The molecule has 2 fully saturated rings. The van der Waals surface area contributed by atoms with Crippen molar-refractivity contribution in [3.63, 3.8) is 0 Å². The van der Waals surface area contributed by atoms with E-state index in [-0.39, 0.29) is 17.9 Å². The van der Waals surface area contributed by atoms with Gasteiger partial charge in [-0.3, -0.25) is 19.4 Å². The van der Waals surface area contributed by atoms with Crippen LogP contribution in [-0.2, 0) is 9.59 Å². The molecule has 2 aliphatic rings. The highest BCUT2D eigenvalue weighted by atomic mass is 16.2. The van der Waals surface area contributed by atoms with Crippen LogP contribution >= 0.6 is 0 Å². The number of H-pyrrole nitrogens is 1. The summed E-state index contributed by atoms with van der Waals surface area (Å²) >= 11 is 0. The van der Waals surface area contributed by atoms with Gasteiger partial charge in [0.05, 0.1) is 23.5 Å². The summed E-state index contributed by atoms with van der Waals surface area (Å²) < 4.78 is 0. The molecule has 0 saturated carbocycles. The predicted octanol–water partition coefficient (Wildman–Crippen LogP) is 1.89. The number of nitrogens with zero attached hydrogens (tertiary/aromatic N) is 3. The molecule has 0 spiro atoms. The van der Waals surface area contributed by atoms with Crippen LogP contribution in [0.15, 0.2) is 24.3 Å². The van der Waals surface area contributed by atoms with Crippen molar-refractivity contribution in [1.29, 1.82) is 0 Å². The van der Waals surface area contributed by atoms with Crippen LogP contribution in [0.5, 0.6) is 0 Å². The maximum absolute atomic E-state index is 12.4. The molecule has 6 nitrogen and oxygen atoms in total. The molecule has 0 unspecified atom stereocenters. The Balaban J connectivity index is 1.43. The van der Waals surface area contributed by atoms with E-state index in [4.69, 9.17) is 4.98 Å². The number of imidazole rings is 1. The quantitative estimate of drug-likeness (QED) is 0.875. The minimum Gasteiger partial charge on any atom is -0.342 e. The van der Waals surface area contributed by atoms with Crippen molar-refractivity contribution in [3.05, 3.63) is 30.1 Å². The third-order valence-corrected chi connectivity index (χ3v) is 5.30. The van der Waals surface area contributed by atoms with Crippen LogP contribution < -0.4 is 0 Å². The highest BCUT2D eigenvalue weighted by Gasteiger charge is 2.42. The van der Waals surface area contributed by atoms with Gasteiger partial charge in [-0.2, -0.15) is 0 Å². The van der Waals surface area contributed by atoms with Crippen molar-refractivity contribution >= 4 is 22.8 Å². The van der Waals surface area contributed by atoms with Gasteiger partial charge in [-0.05, 0) is 45.0 Å². The number of carbonyl (C=O) groups is 2. The van der Waals surface area contributed by atoms with E-state index in [0.29, 0.717) is 18.9 Å². The first-order valence-corrected chi connectivity index (χ1v) is 8.70. The Morgan fingerprint density at radius 2 is 1.96 bits per heavy atom. The van der Waals surface area contributed by atoms with Crippen LogP contribution in [0.4, 0.5) is 0 Å². The SMILES string of the molecule is CCN1C(=O)C[C@H](N2CCC(c3nc4ccccc4[nH]3)CC2)C1=O. The molecule has 6 heteroatoms. The van der Waals surface area contributed by atoms with E-state index in [1.807, 2.05) is 31.2 Å². The first kappa shape index (κ1) is 15.3. The van der Waals surface area contributed by atoms with Crippen molar-refractivity contribution < 1.29 is 9.59 Å². The Bertz CT molecular complexity index is 743. The molecule has 2 amide bonds. The van der Waals surface area contributed by atoms with Gasteiger partial charge in [0.25, 0.3) is 0 Å². The molecule has 1 atom stereocenters. The number of hydrogen-bond acceptors (Lipinski definition) is 4. The van der Waals surface area contributed by atoms with Crippen molar-refractivity contribution in [2.75, 3.05) is 19.6 Å². The lowest BCUT2D eigenvalue weighted by molar-refractivity contribution is -0.139. The van der Waals surface area contributed by atoms with E-state index in [1.165, 1.54) is 4.90 Å². The number of benzene rings is 1. The molecule has 0 radical (unpaired) electrons. The summed E-state index contributed by atoms with van der Waals surface area (Å²) in [5.74, 6) is 1.37. The number of rotatable bonds is 3. The smallest absolute Gasteiger partial charge is 0.247 e. The number of amides is 2. The molecule has 2 aliphatic heterocycles. The number of aromatic amines is 1. The number of likely N-dealkylation sites (tertiary alicyclic amines) is 2. The van der Waals surface area contributed by atoms with E-state index in [0.717, 1.165) is 42.8 Å². The minimum absolute atomic E-state index is 0.0234. The van der Waals surface area contributed by atoms with Crippen LogP contribution in [0.3, 0.4) is 0 Å². The van der Waals surface area contributed by atoms with Crippen LogP contribution in [-0.4, -0.2) is 57.3 Å². The topological polar surface area (TPSA) is 69.3 Å². The van der Waals surface area contributed by atoms with Crippen molar-refractivity contribution in [1.82, 2.24) is 19.8 Å². The highest BCUT2D eigenvalue weighted by Crippen LogP contribution is 2.30. The summed E-state index contributed by atoms with van der Waals surface area (Å²) in [6, 6.07) is 7.82. The Hall–Kier alpha value is -2.21. The lowest BCUT2D eigenvalue weighted by atomic mass is 9.95. The number of likely N-dealkylation sites (N-methyl/N-ethyl adjacent to an activating group) is 1. The maximum atomic E-state index is 12.4. The number of imide groups is 1. The first-order valence-electron chi connectivity index (χ1n) is 8.70. The molecule has 2 saturated heterocycles. The van der Waals surface area contributed by atoms with Gasteiger partial charge in [0, 0.05) is 12.5 Å². The zero-order valence-electron chi connectivity index (χ0n) is 13.9. The normalized spacial score (nSPS) is 23.5. The van der Waals surface area contributed by atoms with Gasteiger partial charge < -0.3 is 4.98 Å². The molecule has 0 aliphatic carbocycles. The lowest BCUT2D eigenvalue weighted by Crippen LogP contribution is -2.45. The van der Waals surface area contributed by atoms with Crippen LogP contribution in [0.1, 0.15) is 37.9 Å². The summed E-state index contributed by atoms with van der Waals surface area (Å²) in [6.07, 6.45) is 2.26. The second kappa shape index (κ2) is 6.02. The van der Waals surface area contributed by atoms with Gasteiger partial charge >= 0.3 is 0 Å². The van der Waals surface area contributed by atoms with Crippen molar-refractivity contribution in [3.8, 4) is 0 Å². The summed E-state index contributed by atoms with van der Waals surface area (Å²) in [7, 11) is 0. The van der Waals surface area contributed by atoms with Gasteiger partial charge in [0.15, 0.2) is 0 Å². The van der Waals surface area contributed by atoms with E-state index < -0.39 is 0 Å². The van der Waals surface area contributed by atoms with Gasteiger partial charge in [-0.1, -0.05) is 12.1 Å². The lowest BCUT2D eigenvalue weighted by Gasteiger charge is -2.34. The molecule has 3 heterocycles. The molecule has 126 valence electrons.